The molecular weight excluding hydrogens is 307 g/mol. The normalized spacial score (nSPS) is 10.5. The molecule has 0 aliphatic heterocycles. The van der Waals surface area contributed by atoms with Crippen molar-refractivity contribution in [2.45, 2.75) is 6.92 Å². The SMILES string of the molecule is Cc1cccc(Cl)c1-c1cc(Cl)ccc1Br. The Morgan fingerprint density at radius 2 is 1.81 bits per heavy atom. The lowest BCUT2D eigenvalue weighted by Crippen LogP contribution is -1.86. The van der Waals surface area contributed by atoms with Crippen LogP contribution in [0.15, 0.2) is 40.9 Å². The van der Waals surface area contributed by atoms with Crippen molar-refractivity contribution in [3.63, 3.8) is 0 Å². The molecule has 0 aromatic heterocycles. The zero-order chi connectivity index (χ0) is 11.7. The average Bonchev–Trinajstić information content (AvgIpc) is 2.23. The minimum Gasteiger partial charge on any atom is -0.0843 e. The number of hydrogen-bond donors (Lipinski definition) is 0. The van der Waals surface area contributed by atoms with Crippen molar-refractivity contribution in [1.82, 2.24) is 0 Å². The molecule has 2 aromatic rings. The van der Waals surface area contributed by atoms with Crippen LogP contribution in [0.5, 0.6) is 0 Å². The van der Waals surface area contributed by atoms with Crippen molar-refractivity contribution in [3.05, 3.63) is 56.5 Å². The quantitative estimate of drug-likeness (QED) is 0.630. The molecule has 0 nitrogen and oxygen atoms in total. The Hall–Kier alpha value is -0.500. The van der Waals surface area contributed by atoms with E-state index in [0.717, 1.165) is 26.2 Å². The van der Waals surface area contributed by atoms with Crippen LogP contribution in [0.1, 0.15) is 5.56 Å². The first kappa shape index (κ1) is 12.0. The van der Waals surface area contributed by atoms with Crippen molar-refractivity contribution in [2.24, 2.45) is 0 Å². The Morgan fingerprint density at radius 3 is 2.50 bits per heavy atom. The summed E-state index contributed by atoms with van der Waals surface area (Å²) in [7, 11) is 0. The van der Waals surface area contributed by atoms with Gasteiger partial charge in [0, 0.05) is 20.1 Å². The van der Waals surface area contributed by atoms with E-state index in [0.29, 0.717) is 5.02 Å². The molecular formula is C13H9BrCl2. The molecule has 82 valence electrons. The van der Waals surface area contributed by atoms with Crippen molar-refractivity contribution in [1.29, 1.82) is 0 Å². The summed E-state index contributed by atoms with van der Waals surface area (Å²) in [5.74, 6) is 0. The average molecular weight is 316 g/mol. The Kier molecular flexibility index (Phi) is 3.58. The summed E-state index contributed by atoms with van der Waals surface area (Å²) in [6, 6.07) is 11.6. The van der Waals surface area contributed by atoms with Crippen molar-refractivity contribution in [2.75, 3.05) is 0 Å². The van der Waals surface area contributed by atoms with Crippen LogP contribution in [0.25, 0.3) is 11.1 Å². The van der Waals surface area contributed by atoms with Gasteiger partial charge in [-0.1, -0.05) is 51.3 Å². The molecule has 2 aromatic carbocycles. The molecule has 0 aliphatic rings. The van der Waals surface area contributed by atoms with E-state index in [9.17, 15) is 0 Å². The molecule has 0 saturated carbocycles. The molecule has 0 fully saturated rings. The lowest BCUT2D eigenvalue weighted by Gasteiger charge is -2.10. The van der Waals surface area contributed by atoms with Crippen LogP contribution in [-0.2, 0) is 0 Å². The van der Waals surface area contributed by atoms with Crippen LogP contribution < -0.4 is 0 Å². The second-order valence-electron chi connectivity index (χ2n) is 3.56. The Morgan fingerprint density at radius 1 is 1.06 bits per heavy atom. The first-order chi connectivity index (χ1) is 7.59. The van der Waals surface area contributed by atoms with Crippen LogP contribution in [0.4, 0.5) is 0 Å². The highest BCUT2D eigenvalue weighted by molar-refractivity contribution is 9.10. The smallest absolute Gasteiger partial charge is 0.0487 e. The zero-order valence-corrected chi connectivity index (χ0v) is 11.7. The third-order valence-electron chi connectivity index (χ3n) is 2.42. The molecule has 0 spiro atoms. The lowest BCUT2D eigenvalue weighted by molar-refractivity contribution is 1.45. The Balaban J connectivity index is 2.72. The maximum Gasteiger partial charge on any atom is 0.0487 e. The highest BCUT2D eigenvalue weighted by Crippen LogP contribution is 2.37. The molecule has 0 radical (unpaired) electrons. The van der Waals surface area contributed by atoms with Crippen molar-refractivity contribution >= 4 is 39.1 Å². The monoisotopic (exact) mass is 314 g/mol. The zero-order valence-electron chi connectivity index (χ0n) is 8.60. The van der Waals surface area contributed by atoms with Crippen molar-refractivity contribution in [3.8, 4) is 11.1 Å². The second kappa shape index (κ2) is 4.79. The van der Waals surface area contributed by atoms with Crippen LogP contribution in [0.2, 0.25) is 10.0 Å². The first-order valence-corrected chi connectivity index (χ1v) is 6.35. The standard InChI is InChI=1S/C13H9BrCl2/c1-8-3-2-4-12(16)13(8)10-7-9(15)5-6-11(10)14/h2-7H,1H3. The predicted molar refractivity (Wildman–Crippen MR) is 74.3 cm³/mol. The van der Waals surface area contributed by atoms with Gasteiger partial charge in [0.1, 0.15) is 0 Å². The molecule has 16 heavy (non-hydrogen) atoms. The second-order valence-corrected chi connectivity index (χ2v) is 5.25. The van der Waals surface area contributed by atoms with Gasteiger partial charge in [-0.3, -0.25) is 0 Å². The van der Waals surface area contributed by atoms with E-state index in [1.54, 1.807) is 0 Å². The van der Waals surface area contributed by atoms with E-state index in [1.165, 1.54) is 0 Å². The summed E-state index contributed by atoms with van der Waals surface area (Å²) < 4.78 is 0.994. The molecule has 0 saturated heterocycles. The van der Waals surface area contributed by atoms with Gasteiger partial charge in [-0.15, -0.1) is 0 Å². The number of hydrogen-bond acceptors (Lipinski definition) is 0. The van der Waals surface area contributed by atoms with Gasteiger partial charge in [0.15, 0.2) is 0 Å². The number of aryl methyl sites for hydroxylation is 1. The topological polar surface area (TPSA) is 0 Å². The number of benzene rings is 2. The Bertz CT molecular complexity index is 515. The van der Waals surface area contributed by atoms with Gasteiger partial charge in [-0.05, 0) is 42.3 Å². The summed E-state index contributed by atoms with van der Waals surface area (Å²) in [5.41, 5.74) is 3.18. The molecule has 0 atom stereocenters. The van der Waals surface area contributed by atoms with Crippen LogP contribution >= 0.6 is 39.1 Å². The largest absolute Gasteiger partial charge is 0.0843 e. The summed E-state index contributed by atoms with van der Waals surface area (Å²) >= 11 is 15.8. The molecule has 2 rings (SSSR count). The molecule has 0 N–H and O–H groups in total. The van der Waals surface area contributed by atoms with Gasteiger partial charge in [0.05, 0.1) is 0 Å². The van der Waals surface area contributed by atoms with E-state index in [2.05, 4.69) is 15.9 Å². The number of halogens is 3. The first-order valence-electron chi connectivity index (χ1n) is 4.80. The van der Waals surface area contributed by atoms with Gasteiger partial charge in [-0.25, -0.2) is 0 Å². The summed E-state index contributed by atoms with van der Waals surface area (Å²) in [4.78, 5) is 0. The molecule has 0 bridgehead atoms. The van der Waals surface area contributed by atoms with E-state index in [1.807, 2.05) is 43.3 Å². The fourth-order valence-corrected chi connectivity index (χ4v) is 2.60. The Labute approximate surface area is 113 Å². The summed E-state index contributed by atoms with van der Waals surface area (Å²) in [5, 5.41) is 1.44. The fraction of sp³-hybridized carbons (Fsp3) is 0.0769. The van der Waals surface area contributed by atoms with Crippen molar-refractivity contribution < 1.29 is 0 Å². The molecule has 0 unspecified atom stereocenters. The molecule has 0 amide bonds. The van der Waals surface area contributed by atoms with Gasteiger partial charge >= 0.3 is 0 Å². The minimum absolute atomic E-state index is 0.706. The highest BCUT2D eigenvalue weighted by Gasteiger charge is 2.10. The molecule has 0 heterocycles. The van der Waals surface area contributed by atoms with E-state index >= 15 is 0 Å². The maximum absolute atomic E-state index is 6.22. The lowest BCUT2D eigenvalue weighted by atomic mass is 10.0. The van der Waals surface area contributed by atoms with Gasteiger partial charge in [0.2, 0.25) is 0 Å². The molecule has 3 heteroatoms. The number of rotatable bonds is 1. The van der Waals surface area contributed by atoms with Crippen LogP contribution in [0.3, 0.4) is 0 Å². The maximum atomic E-state index is 6.22. The van der Waals surface area contributed by atoms with Crippen LogP contribution in [-0.4, -0.2) is 0 Å². The van der Waals surface area contributed by atoms with E-state index < -0.39 is 0 Å². The molecule has 0 aliphatic carbocycles. The minimum atomic E-state index is 0.706. The predicted octanol–water partition coefficient (Wildman–Crippen LogP) is 5.73. The third kappa shape index (κ3) is 2.27. The van der Waals surface area contributed by atoms with Crippen LogP contribution in [0, 0.1) is 6.92 Å². The highest BCUT2D eigenvalue weighted by atomic mass is 79.9. The van der Waals surface area contributed by atoms with E-state index in [-0.39, 0.29) is 0 Å². The third-order valence-corrected chi connectivity index (χ3v) is 3.66. The van der Waals surface area contributed by atoms with Gasteiger partial charge < -0.3 is 0 Å². The summed E-state index contributed by atoms with van der Waals surface area (Å²) in [6.07, 6.45) is 0. The van der Waals surface area contributed by atoms with Gasteiger partial charge in [0.25, 0.3) is 0 Å². The van der Waals surface area contributed by atoms with E-state index in [4.69, 9.17) is 23.2 Å². The summed E-state index contributed by atoms with van der Waals surface area (Å²) in [6.45, 7) is 2.04. The van der Waals surface area contributed by atoms with Gasteiger partial charge in [-0.2, -0.15) is 0 Å². The fourth-order valence-electron chi connectivity index (χ4n) is 1.66.